The molecule has 0 unspecified atom stereocenters. The van der Waals surface area contributed by atoms with Gasteiger partial charge in [-0.1, -0.05) is 0 Å². The van der Waals surface area contributed by atoms with Crippen LogP contribution in [0.5, 0.6) is 0 Å². The van der Waals surface area contributed by atoms with E-state index in [1.807, 2.05) is 0 Å². The molecule has 0 aliphatic carbocycles. The quantitative estimate of drug-likeness (QED) is 0.597. The van der Waals surface area contributed by atoms with Crippen molar-refractivity contribution < 1.29 is 0 Å². The van der Waals surface area contributed by atoms with Crippen LogP contribution >= 0.6 is 0 Å². The molecule has 0 atom stereocenters. The van der Waals surface area contributed by atoms with E-state index >= 15 is 0 Å². The molecule has 4 heteroatoms. The number of aromatic nitrogens is 2. The lowest BCUT2D eigenvalue weighted by molar-refractivity contribution is 1.34. The van der Waals surface area contributed by atoms with E-state index in [0.29, 0.717) is 11.6 Å². The van der Waals surface area contributed by atoms with Crippen LogP contribution in [0.25, 0.3) is 11.0 Å². The van der Waals surface area contributed by atoms with E-state index in [-0.39, 0.29) is 0 Å². The zero-order valence-corrected chi connectivity index (χ0v) is 6.36. The van der Waals surface area contributed by atoms with Crippen molar-refractivity contribution in [1.82, 2.24) is 9.97 Å². The molecule has 0 aromatic carbocycles. The van der Waals surface area contributed by atoms with Crippen LogP contribution in [0.1, 0.15) is 0 Å². The molecule has 0 spiro atoms. The van der Waals surface area contributed by atoms with Gasteiger partial charge in [-0.3, -0.25) is 0 Å². The fraction of sp³-hybridized carbons (Fsp3) is 0. The summed E-state index contributed by atoms with van der Waals surface area (Å²) in [6.07, 6.45) is 0. The third-order valence-corrected chi connectivity index (χ3v) is 1.59. The highest BCUT2D eigenvalue weighted by Crippen LogP contribution is 2.12. The van der Waals surface area contributed by atoms with Gasteiger partial charge in [0.2, 0.25) is 0 Å². The number of anilines is 2. The third-order valence-electron chi connectivity index (χ3n) is 1.59. The van der Waals surface area contributed by atoms with Gasteiger partial charge in [0, 0.05) is 0 Å². The van der Waals surface area contributed by atoms with Gasteiger partial charge < -0.3 is 11.5 Å². The Balaban J connectivity index is 2.79. The van der Waals surface area contributed by atoms with Crippen LogP contribution in [0, 0.1) is 0 Å². The average molecular weight is 160 g/mol. The minimum absolute atomic E-state index is 0.495. The normalized spacial score (nSPS) is 10.3. The Morgan fingerprint density at radius 2 is 1.17 bits per heavy atom. The highest BCUT2D eigenvalue weighted by atomic mass is 14.9. The van der Waals surface area contributed by atoms with Gasteiger partial charge in [-0.2, -0.15) is 0 Å². The summed E-state index contributed by atoms with van der Waals surface area (Å²) in [5, 5.41) is 0. The number of pyridine rings is 2. The number of fused-ring (bicyclic) bond motifs is 1. The zero-order valence-electron chi connectivity index (χ0n) is 6.36. The Morgan fingerprint density at radius 1 is 0.750 bits per heavy atom. The third kappa shape index (κ3) is 1.03. The predicted molar refractivity (Wildman–Crippen MR) is 48.4 cm³/mol. The summed E-state index contributed by atoms with van der Waals surface area (Å²) in [5.74, 6) is 0.989. The SMILES string of the molecule is Nc1ccc2nc(N)ccc2n1. The average Bonchev–Trinajstić information content (AvgIpc) is 2.05. The van der Waals surface area contributed by atoms with Gasteiger partial charge in [0.1, 0.15) is 11.6 Å². The molecule has 2 aromatic rings. The van der Waals surface area contributed by atoms with Gasteiger partial charge in [-0.25, -0.2) is 9.97 Å². The topological polar surface area (TPSA) is 77.8 Å². The molecular weight excluding hydrogens is 152 g/mol. The van der Waals surface area contributed by atoms with Gasteiger partial charge in [0.05, 0.1) is 11.0 Å². The minimum atomic E-state index is 0.495. The second-order valence-electron chi connectivity index (χ2n) is 2.51. The molecule has 0 amide bonds. The largest absolute Gasteiger partial charge is 0.384 e. The first-order valence-electron chi connectivity index (χ1n) is 3.54. The molecule has 0 fully saturated rings. The fourth-order valence-corrected chi connectivity index (χ4v) is 1.04. The maximum Gasteiger partial charge on any atom is 0.124 e. The summed E-state index contributed by atoms with van der Waals surface area (Å²) < 4.78 is 0. The molecule has 0 saturated carbocycles. The van der Waals surface area contributed by atoms with Gasteiger partial charge >= 0.3 is 0 Å². The number of hydrogen-bond acceptors (Lipinski definition) is 4. The maximum atomic E-state index is 5.49. The number of rotatable bonds is 0. The number of nitrogen functional groups attached to an aromatic ring is 2. The first-order valence-corrected chi connectivity index (χ1v) is 3.54. The Morgan fingerprint density at radius 3 is 1.58 bits per heavy atom. The van der Waals surface area contributed by atoms with Gasteiger partial charge in [-0.15, -0.1) is 0 Å². The van der Waals surface area contributed by atoms with Crippen molar-refractivity contribution in [3.05, 3.63) is 24.3 Å². The molecule has 2 aromatic heterocycles. The van der Waals surface area contributed by atoms with Crippen molar-refractivity contribution in [2.45, 2.75) is 0 Å². The van der Waals surface area contributed by atoms with Crippen LogP contribution in [0.3, 0.4) is 0 Å². The van der Waals surface area contributed by atoms with Crippen LogP contribution in [0.4, 0.5) is 11.6 Å². The molecule has 60 valence electrons. The minimum Gasteiger partial charge on any atom is -0.384 e. The summed E-state index contributed by atoms with van der Waals surface area (Å²) in [6.45, 7) is 0. The Kier molecular flexibility index (Phi) is 1.33. The summed E-state index contributed by atoms with van der Waals surface area (Å²) in [7, 11) is 0. The van der Waals surface area contributed by atoms with E-state index in [2.05, 4.69) is 9.97 Å². The van der Waals surface area contributed by atoms with E-state index in [4.69, 9.17) is 11.5 Å². The first kappa shape index (κ1) is 6.84. The predicted octanol–water partition coefficient (Wildman–Crippen LogP) is 0.794. The van der Waals surface area contributed by atoms with Gasteiger partial charge in [-0.05, 0) is 24.3 Å². The van der Waals surface area contributed by atoms with E-state index < -0.39 is 0 Å². The molecule has 2 rings (SSSR count). The van der Waals surface area contributed by atoms with E-state index in [0.717, 1.165) is 11.0 Å². The standard InChI is InChI=1S/C8H8N4/c9-7-3-1-5-6(12-7)2-4-8(10)11-5/h1-4H,(H2,10,11)(H2,9,12). The highest BCUT2D eigenvalue weighted by Gasteiger charge is 1.96. The summed E-state index contributed by atoms with van der Waals surface area (Å²) in [5.41, 5.74) is 12.5. The first-order chi connectivity index (χ1) is 5.75. The van der Waals surface area contributed by atoms with Gasteiger partial charge in [0.15, 0.2) is 0 Å². The molecule has 4 N–H and O–H groups in total. The molecule has 0 bridgehead atoms. The molecule has 12 heavy (non-hydrogen) atoms. The Labute approximate surface area is 69.2 Å². The van der Waals surface area contributed by atoms with Crippen molar-refractivity contribution in [2.24, 2.45) is 0 Å². The summed E-state index contributed by atoms with van der Waals surface area (Å²) in [6, 6.07) is 7.01. The van der Waals surface area contributed by atoms with E-state index in [9.17, 15) is 0 Å². The smallest absolute Gasteiger partial charge is 0.124 e. The van der Waals surface area contributed by atoms with Crippen molar-refractivity contribution >= 4 is 22.7 Å². The van der Waals surface area contributed by atoms with Crippen molar-refractivity contribution in [3.63, 3.8) is 0 Å². The molecule has 0 saturated heterocycles. The molecule has 4 nitrogen and oxygen atoms in total. The van der Waals surface area contributed by atoms with Gasteiger partial charge in [0.25, 0.3) is 0 Å². The monoisotopic (exact) mass is 160 g/mol. The second kappa shape index (κ2) is 2.34. The number of nitrogens with two attached hydrogens (primary N) is 2. The molecule has 0 radical (unpaired) electrons. The van der Waals surface area contributed by atoms with Crippen molar-refractivity contribution in [1.29, 1.82) is 0 Å². The summed E-state index contributed by atoms with van der Waals surface area (Å²) >= 11 is 0. The van der Waals surface area contributed by atoms with Crippen molar-refractivity contribution in [2.75, 3.05) is 11.5 Å². The van der Waals surface area contributed by atoms with Crippen molar-refractivity contribution in [3.8, 4) is 0 Å². The zero-order chi connectivity index (χ0) is 8.55. The summed E-state index contributed by atoms with van der Waals surface area (Å²) in [4.78, 5) is 8.15. The number of nitrogens with zero attached hydrogens (tertiary/aromatic N) is 2. The van der Waals surface area contributed by atoms with Crippen LogP contribution in [0.15, 0.2) is 24.3 Å². The molecule has 0 aliphatic heterocycles. The fourth-order valence-electron chi connectivity index (χ4n) is 1.04. The Bertz CT molecular complexity index is 383. The van der Waals surface area contributed by atoms with Crippen LogP contribution in [-0.4, -0.2) is 9.97 Å². The number of hydrogen-bond donors (Lipinski definition) is 2. The Hall–Kier alpha value is -1.84. The maximum absolute atomic E-state index is 5.49. The lowest BCUT2D eigenvalue weighted by Crippen LogP contribution is -1.93. The van der Waals surface area contributed by atoms with E-state index in [1.165, 1.54) is 0 Å². The second-order valence-corrected chi connectivity index (χ2v) is 2.51. The van der Waals surface area contributed by atoms with Crippen LogP contribution < -0.4 is 11.5 Å². The molecule has 0 aliphatic rings. The molecular formula is C8H8N4. The lowest BCUT2D eigenvalue weighted by Gasteiger charge is -1.97. The molecule has 2 heterocycles. The van der Waals surface area contributed by atoms with Crippen LogP contribution in [0.2, 0.25) is 0 Å². The van der Waals surface area contributed by atoms with Crippen LogP contribution in [-0.2, 0) is 0 Å². The highest BCUT2D eigenvalue weighted by molar-refractivity contribution is 5.77. The van der Waals surface area contributed by atoms with E-state index in [1.54, 1.807) is 24.3 Å². The lowest BCUT2D eigenvalue weighted by atomic mass is 10.3.